The number of phenols is 1. The first kappa shape index (κ1) is 29.7. The fraction of sp³-hybridized carbons (Fsp3) is 0.737. The molecule has 5 fully saturated rings. The Morgan fingerprint density at radius 3 is 2.40 bits per heavy atom. The van der Waals surface area contributed by atoms with E-state index in [2.05, 4.69) is 34.6 Å². The van der Waals surface area contributed by atoms with Crippen molar-refractivity contribution in [2.45, 2.75) is 130 Å². The minimum absolute atomic E-state index is 0.0156. The number of ketones is 2. The van der Waals surface area contributed by atoms with Gasteiger partial charge in [0.05, 0.1) is 11.7 Å². The van der Waals surface area contributed by atoms with Crippen LogP contribution in [0.5, 0.6) is 5.75 Å². The van der Waals surface area contributed by atoms with Gasteiger partial charge in [-0.05, 0) is 117 Å². The van der Waals surface area contributed by atoms with Crippen molar-refractivity contribution >= 4 is 11.6 Å². The molecule has 0 aromatic heterocycles. The van der Waals surface area contributed by atoms with Crippen molar-refractivity contribution in [2.75, 3.05) is 0 Å². The van der Waals surface area contributed by atoms with Gasteiger partial charge in [0.15, 0.2) is 5.78 Å². The molecule has 234 valence electrons. The van der Waals surface area contributed by atoms with Crippen LogP contribution in [0.3, 0.4) is 0 Å². The summed E-state index contributed by atoms with van der Waals surface area (Å²) >= 11 is 0. The molecule has 2 N–H and O–H groups in total. The summed E-state index contributed by atoms with van der Waals surface area (Å²) in [6, 6.07) is 7.37. The molecule has 5 nitrogen and oxygen atoms in total. The molecule has 5 aliphatic carbocycles. The number of aliphatic hydroxyl groups excluding tert-OH is 1. The fourth-order valence-electron chi connectivity index (χ4n) is 12.6. The van der Waals surface area contributed by atoms with Crippen LogP contribution < -0.4 is 0 Å². The minimum atomic E-state index is -0.558. The summed E-state index contributed by atoms with van der Waals surface area (Å²) in [5, 5.41) is 21.4. The van der Waals surface area contributed by atoms with Crippen LogP contribution in [0.4, 0.5) is 0 Å². The lowest BCUT2D eigenvalue weighted by Gasteiger charge is -2.71. The minimum Gasteiger partial charge on any atom is -0.508 e. The molecule has 1 spiro atoms. The Kier molecular flexibility index (Phi) is 6.41. The summed E-state index contributed by atoms with van der Waals surface area (Å²) in [4.78, 5) is 28.6. The second kappa shape index (κ2) is 9.28. The van der Waals surface area contributed by atoms with Crippen molar-refractivity contribution in [3.05, 3.63) is 41.0 Å². The van der Waals surface area contributed by atoms with Gasteiger partial charge in [0, 0.05) is 22.7 Å². The van der Waals surface area contributed by atoms with Gasteiger partial charge in [-0.15, -0.1) is 0 Å². The van der Waals surface area contributed by atoms with E-state index >= 15 is 0 Å². The molecule has 10 atom stereocenters. The molecule has 6 aliphatic rings. The quantitative estimate of drug-likeness (QED) is 0.347. The Bertz CT molecular complexity index is 1400. The Labute approximate surface area is 257 Å². The van der Waals surface area contributed by atoms with Crippen LogP contribution in [0.25, 0.3) is 0 Å². The van der Waals surface area contributed by atoms with Crippen LogP contribution in [0.2, 0.25) is 0 Å². The van der Waals surface area contributed by atoms with Crippen LogP contribution in [-0.4, -0.2) is 39.6 Å². The zero-order valence-electron chi connectivity index (χ0n) is 27.3. The zero-order valence-corrected chi connectivity index (χ0v) is 27.3. The van der Waals surface area contributed by atoms with Crippen LogP contribution in [0.1, 0.15) is 118 Å². The maximum atomic E-state index is 14.4. The molecule has 0 amide bonds. The second-order valence-corrected chi connectivity index (χ2v) is 17.0. The van der Waals surface area contributed by atoms with E-state index in [9.17, 15) is 19.8 Å². The first-order valence-corrected chi connectivity index (χ1v) is 17.1. The highest BCUT2D eigenvalue weighted by molar-refractivity contribution is 6.02. The zero-order chi connectivity index (χ0) is 30.9. The van der Waals surface area contributed by atoms with Crippen molar-refractivity contribution in [1.82, 2.24) is 0 Å². The summed E-state index contributed by atoms with van der Waals surface area (Å²) in [7, 11) is 0. The summed E-state index contributed by atoms with van der Waals surface area (Å²) < 4.78 is 5.77. The first-order valence-electron chi connectivity index (χ1n) is 17.1. The number of benzene rings is 1. The van der Waals surface area contributed by atoms with Gasteiger partial charge < -0.3 is 14.9 Å². The number of carbonyl (C=O) groups is 2. The lowest BCUT2D eigenvalue weighted by molar-refractivity contribution is -0.206. The van der Waals surface area contributed by atoms with Crippen molar-refractivity contribution in [3.8, 4) is 5.75 Å². The third-order valence-electron chi connectivity index (χ3n) is 14.4. The average Bonchev–Trinajstić information content (AvgIpc) is 3.51. The standard InChI is InChI=1S/C38H52O5/c1-21(18-27(40)33-35(4,5)43-33)30-25-13-14-29-36(6)20-24(22-10-8-11-23(39)19-22)32(42)34(2,3)28(36)15-17-38(29)16-9-12-26(31(30)41)37(25,38)7/h8,10-11,19,21,24,26-29,33,39-40H,9,12-18,20H2,1-7H3/t21-,24-,26-,27-,28+,29-,33-,36-,37-,38+/m1/s1. The fourth-order valence-corrected chi connectivity index (χ4v) is 12.6. The number of allylic oxidation sites excluding steroid dienone is 2. The summed E-state index contributed by atoms with van der Waals surface area (Å²) in [6.07, 6.45) is 8.00. The van der Waals surface area contributed by atoms with E-state index in [0.29, 0.717) is 29.8 Å². The molecule has 1 aliphatic heterocycles. The second-order valence-electron chi connectivity index (χ2n) is 17.0. The third-order valence-corrected chi connectivity index (χ3v) is 14.4. The number of rotatable bonds is 5. The SMILES string of the molecule is C[C@H](C[C@@H](O)[C@H]1OC1(C)C)C1=C2CC[C@@H]3[C@]4(C)C[C@H](c5cccc(O)c5)C(=O)C(C)(C)[C@@H]4CC[C@@]34CCC[C@H](C1=O)[C@@]24C. The Hall–Kier alpha value is -1.98. The van der Waals surface area contributed by atoms with E-state index in [-0.39, 0.29) is 51.5 Å². The highest BCUT2D eigenvalue weighted by Crippen LogP contribution is 2.78. The number of hydrogen-bond acceptors (Lipinski definition) is 5. The number of hydrogen-bond donors (Lipinski definition) is 2. The Morgan fingerprint density at radius 2 is 1.72 bits per heavy atom. The molecule has 43 heavy (non-hydrogen) atoms. The van der Waals surface area contributed by atoms with E-state index in [1.165, 1.54) is 5.57 Å². The first-order chi connectivity index (χ1) is 20.1. The van der Waals surface area contributed by atoms with Gasteiger partial charge in [0.1, 0.15) is 17.6 Å². The molecule has 1 saturated heterocycles. The predicted octanol–water partition coefficient (Wildman–Crippen LogP) is 7.54. The smallest absolute Gasteiger partial charge is 0.163 e. The number of aliphatic hydroxyl groups is 1. The molecule has 1 aromatic rings. The lowest BCUT2D eigenvalue weighted by Crippen LogP contribution is -2.66. The van der Waals surface area contributed by atoms with Crippen molar-refractivity contribution in [2.24, 2.45) is 45.3 Å². The Balaban J connectivity index is 1.28. The topological polar surface area (TPSA) is 87.1 Å². The molecule has 5 heteroatoms. The highest BCUT2D eigenvalue weighted by atomic mass is 16.6. The van der Waals surface area contributed by atoms with E-state index < -0.39 is 11.5 Å². The van der Waals surface area contributed by atoms with Crippen LogP contribution in [0, 0.1) is 45.3 Å². The average molecular weight is 589 g/mol. The number of fused-ring (bicyclic) bond motifs is 2. The van der Waals surface area contributed by atoms with E-state index in [4.69, 9.17) is 4.74 Å². The molecular weight excluding hydrogens is 536 g/mol. The number of aromatic hydroxyl groups is 1. The van der Waals surface area contributed by atoms with Crippen LogP contribution in [0.15, 0.2) is 35.4 Å². The number of Topliss-reactive ketones (excluding diaryl/α,β-unsaturated/α-hetero) is 2. The molecule has 0 bridgehead atoms. The number of ether oxygens (including phenoxy) is 1. The summed E-state index contributed by atoms with van der Waals surface area (Å²) in [5.74, 6) is 1.46. The van der Waals surface area contributed by atoms with E-state index in [1.807, 2.05) is 26.0 Å². The van der Waals surface area contributed by atoms with Crippen LogP contribution >= 0.6 is 0 Å². The van der Waals surface area contributed by atoms with Gasteiger partial charge in [-0.25, -0.2) is 0 Å². The van der Waals surface area contributed by atoms with E-state index in [1.54, 1.807) is 12.1 Å². The van der Waals surface area contributed by atoms with Gasteiger partial charge >= 0.3 is 0 Å². The van der Waals surface area contributed by atoms with Gasteiger partial charge in [-0.2, -0.15) is 0 Å². The van der Waals surface area contributed by atoms with E-state index in [0.717, 1.165) is 62.5 Å². The molecular formula is C38H52O5. The summed E-state index contributed by atoms with van der Waals surface area (Å²) in [6.45, 7) is 15.5. The molecule has 0 radical (unpaired) electrons. The van der Waals surface area contributed by atoms with Gasteiger partial charge in [0.2, 0.25) is 0 Å². The van der Waals surface area contributed by atoms with Crippen molar-refractivity contribution in [1.29, 1.82) is 0 Å². The molecule has 7 rings (SSSR count). The van der Waals surface area contributed by atoms with Gasteiger partial charge in [0.25, 0.3) is 0 Å². The number of epoxide rings is 1. The largest absolute Gasteiger partial charge is 0.508 e. The monoisotopic (exact) mass is 588 g/mol. The lowest BCUT2D eigenvalue weighted by atomic mass is 9.32. The molecule has 4 saturated carbocycles. The van der Waals surface area contributed by atoms with Gasteiger partial charge in [-0.3, -0.25) is 9.59 Å². The number of carbonyl (C=O) groups excluding carboxylic acids is 2. The summed E-state index contributed by atoms with van der Waals surface area (Å²) in [5.41, 5.74) is 2.51. The highest BCUT2D eigenvalue weighted by Gasteiger charge is 2.73. The molecule has 1 aromatic carbocycles. The number of phenolic OH excluding ortho intramolecular Hbond substituents is 1. The van der Waals surface area contributed by atoms with Crippen molar-refractivity contribution in [3.63, 3.8) is 0 Å². The normalized spacial score (nSPS) is 43.9. The van der Waals surface area contributed by atoms with Crippen LogP contribution in [-0.2, 0) is 14.3 Å². The maximum Gasteiger partial charge on any atom is 0.163 e. The third kappa shape index (κ3) is 3.82. The van der Waals surface area contributed by atoms with Gasteiger partial charge in [-0.1, -0.05) is 58.7 Å². The molecule has 1 heterocycles. The predicted molar refractivity (Wildman–Crippen MR) is 166 cm³/mol. The Morgan fingerprint density at radius 1 is 1.00 bits per heavy atom. The maximum absolute atomic E-state index is 14.4. The van der Waals surface area contributed by atoms with Crippen molar-refractivity contribution < 1.29 is 24.5 Å². The molecule has 0 unspecified atom stereocenters.